The van der Waals surface area contributed by atoms with Crippen molar-refractivity contribution in [3.8, 4) is 0 Å². The molecule has 1 aromatic heterocycles. The number of carbonyl (C=O) groups excluding carboxylic acids is 1. The van der Waals surface area contributed by atoms with Crippen LogP contribution in [-0.4, -0.2) is 27.3 Å². The van der Waals surface area contributed by atoms with Gasteiger partial charge in [-0.05, 0) is 39.0 Å². The Morgan fingerprint density at radius 2 is 2.37 bits per heavy atom. The highest BCUT2D eigenvalue weighted by Gasteiger charge is 2.36. The smallest absolute Gasteiger partial charge is 0.237 e. The van der Waals surface area contributed by atoms with Gasteiger partial charge in [-0.3, -0.25) is 9.48 Å². The van der Waals surface area contributed by atoms with Gasteiger partial charge in [0.05, 0.1) is 16.8 Å². The van der Waals surface area contributed by atoms with E-state index < -0.39 is 5.54 Å². The second kappa shape index (κ2) is 5.92. The molecule has 1 aliphatic rings. The molecule has 2 rings (SSSR count). The molecule has 1 unspecified atom stereocenters. The van der Waals surface area contributed by atoms with E-state index in [0.29, 0.717) is 11.1 Å². The van der Waals surface area contributed by atoms with Gasteiger partial charge < -0.3 is 11.1 Å². The number of amides is 1. The number of aryl methyl sites for hydroxylation is 1. The molecule has 1 aliphatic carbocycles. The fraction of sp³-hybridized carbons (Fsp3) is 0.692. The summed E-state index contributed by atoms with van der Waals surface area (Å²) in [4.78, 5) is 11.6. The van der Waals surface area contributed by atoms with Crippen LogP contribution in [-0.2, 0) is 11.3 Å². The lowest BCUT2D eigenvalue weighted by Crippen LogP contribution is -2.53. The summed E-state index contributed by atoms with van der Waals surface area (Å²) in [5.41, 5.74) is 4.93. The maximum atomic E-state index is 11.6. The topological polar surface area (TPSA) is 72.9 Å². The molecule has 1 aromatic rings. The number of primary amides is 1. The first-order valence-corrected chi connectivity index (χ1v) is 7.13. The Balaban J connectivity index is 1.74. The van der Waals surface area contributed by atoms with Crippen LogP contribution in [0.25, 0.3) is 0 Å². The Kier molecular flexibility index (Phi) is 4.47. The lowest BCUT2D eigenvalue weighted by atomic mass is 9.93. The number of halogens is 1. The number of carbonyl (C=O) groups is 1. The summed E-state index contributed by atoms with van der Waals surface area (Å²) >= 11 is 5.80. The third kappa shape index (κ3) is 4.21. The lowest BCUT2D eigenvalue weighted by molar-refractivity contribution is -0.124. The van der Waals surface area contributed by atoms with Crippen molar-refractivity contribution in [3.63, 3.8) is 0 Å². The van der Waals surface area contributed by atoms with Crippen LogP contribution in [0, 0.1) is 0 Å². The van der Waals surface area contributed by atoms with Gasteiger partial charge in [-0.2, -0.15) is 5.10 Å². The molecule has 1 heterocycles. The van der Waals surface area contributed by atoms with Crippen LogP contribution < -0.4 is 11.1 Å². The van der Waals surface area contributed by atoms with E-state index in [9.17, 15) is 4.79 Å². The van der Waals surface area contributed by atoms with Crippen molar-refractivity contribution < 1.29 is 4.79 Å². The SMILES string of the molecule is CC(CCCCn1cc(Cl)cn1)(NC1CC1)C(N)=O. The highest BCUT2D eigenvalue weighted by atomic mass is 35.5. The summed E-state index contributed by atoms with van der Waals surface area (Å²) in [5, 5.41) is 8.12. The number of nitrogens with two attached hydrogens (primary N) is 1. The molecule has 1 fully saturated rings. The second-order valence-corrected chi connectivity index (χ2v) is 5.93. The standard InChI is InChI=1S/C13H21ClN4O/c1-13(12(15)19,17-11-4-5-11)6-2-3-7-18-9-10(14)8-16-18/h8-9,11,17H,2-7H2,1H3,(H2,15,19). The molecule has 0 aliphatic heterocycles. The van der Waals surface area contributed by atoms with Crippen molar-refractivity contribution in [1.29, 1.82) is 0 Å². The van der Waals surface area contributed by atoms with Gasteiger partial charge in [0, 0.05) is 18.8 Å². The van der Waals surface area contributed by atoms with Crippen LogP contribution in [0.4, 0.5) is 0 Å². The third-order valence-corrected chi connectivity index (χ3v) is 3.75. The van der Waals surface area contributed by atoms with Gasteiger partial charge in [0.1, 0.15) is 0 Å². The van der Waals surface area contributed by atoms with E-state index in [1.54, 1.807) is 12.4 Å². The van der Waals surface area contributed by atoms with Gasteiger partial charge in [-0.25, -0.2) is 0 Å². The average molecular weight is 285 g/mol. The molecule has 1 atom stereocenters. The van der Waals surface area contributed by atoms with Gasteiger partial charge in [0.15, 0.2) is 0 Å². The molecular weight excluding hydrogens is 264 g/mol. The van der Waals surface area contributed by atoms with Crippen LogP contribution in [0.5, 0.6) is 0 Å². The Bertz CT molecular complexity index is 444. The van der Waals surface area contributed by atoms with Gasteiger partial charge >= 0.3 is 0 Å². The minimum absolute atomic E-state index is 0.262. The van der Waals surface area contributed by atoms with Crippen molar-refractivity contribution in [1.82, 2.24) is 15.1 Å². The quantitative estimate of drug-likeness (QED) is 0.714. The zero-order valence-electron chi connectivity index (χ0n) is 11.2. The van der Waals surface area contributed by atoms with Crippen molar-refractivity contribution >= 4 is 17.5 Å². The summed E-state index contributed by atoms with van der Waals surface area (Å²) in [6, 6.07) is 0.474. The van der Waals surface area contributed by atoms with E-state index in [4.69, 9.17) is 17.3 Å². The van der Waals surface area contributed by atoms with E-state index >= 15 is 0 Å². The Morgan fingerprint density at radius 1 is 1.63 bits per heavy atom. The van der Waals surface area contributed by atoms with Gasteiger partial charge in [-0.15, -0.1) is 0 Å². The number of hydrogen-bond donors (Lipinski definition) is 2. The molecule has 0 spiro atoms. The predicted molar refractivity (Wildman–Crippen MR) is 74.8 cm³/mol. The summed E-state index contributed by atoms with van der Waals surface area (Å²) in [6.07, 6.45) is 8.36. The number of nitrogens with zero attached hydrogens (tertiary/aromatic N) is 2. The van der Waals surface area contributed by atoms with Gasteiger partial charge in [0.25, 0.3) is 0 Å². The highest BCUT2D eigenvalue weighted by Crippen LogP contribution is 2.25. The summed E-state index contributed by atoms with van der Waals surface area (Å²) < 4.78 is 1.82. The van der Waals surface area contributed by atoms with Gasteiger partial charge in [0.2, 0.25) is 5.91 Å². The summed E-state index contributed by atoms with van der Waals surface area (Å²) in [7, 11) is 0. The van der Waals surface area contributed by atoms with Crippen molar-refractivity contribution in [2.45, 2.75) is 57.2 Å². The summed E-state index contributed by atoms with van der Waals surface area (Å²) in [6.45, 7) is 2.71. The van der Waals surface area contributed by atoms with E-state index in [0.717, 1.165) is 38.6 Å². The minimum atomic E-state index is -0.580. The maximum absolute atomic E-state index is 11.6. The van der Waals surface area contributed by atoms with Crippen molar-refractivity contribution in [2.75, 3.05) is 0 Å². The molecule has 1 saturated carbocycles. The zero-order chi connectivity index (χ0) is 13.9. The number of hydrogen-bond acceptors (Lipinski definition) is 3. The number of nitrogens with one attached hydrogen (secondary N) is 1. The van der Waals surface area contributed by atoms with Crippen LogP contribution in [0.1, 0.15) is 39.0 Å². The van der Waals surface area contributed by atoms with Gasteiger partial charge in [-0.1, -0.05) is 11.6 Å². The molecule has 0 saturated heterocycles. The van der Waals surface area contributed by atoms with Crippen LogP contribution in [0.15, 0.2) is 12.4 Å². The van der Waals surface area contributed by atoms with E-state index in [-0.39, 0.29) is 5.91 Å². The van der Waals surface area contributed by atoms with Crippen molar-refractivity contribution in [2.24, 2.45) is 5.73 Å². The van der Waals surface area contributed by atoms with E-state index in [1.165, 1.54) is 0 Å². The number of unbranched alkanes of at least 4 members (excludes halogenated alkanes) is 1. The molecule has 106 valence electrons. The first-order valence-electron chi connectivity index (χ1n) is 6.75. The zero-order valence-corrected chi connectivity index (χ0v) is 12.0. The second-order valence-electron chi connectivity index (χ2n) is 5.49. The fourth-order valence-electron chi connectivity index (χ4n) is 2.16. The molecule has 6 heteroatoms. The molecule has 19 heavy (non-hydrogen) atoms. The maximum Gasteiger partial charge on any atom is 0.237 e. The first-order chi connectivity index (χ1) is 8.99. The Hall–Kier alpha value is -1.07. The van der Waals surface area contributed by atoms with Crippen LogP contribution in [0.3, 0.4) is 0 Å². The Morgan fingerprint density at radius 3 is 2.89 bits per heavy atom. The molecular formula is C13H21ClN4O. The normalized spacial score (nSPS) is 18.2. The largest absolute Gasteiger partial charge is 0.368 e. The average Bonchev–Trinajstić information content (AvgIpc) is 3.05. The monoisotopic (exact) mass is 284 g/mol. The highest BCUT2D eigenvalue weighted by molar-refractivity contribution is 6.30. The first kappa shape index (κ1) is 14.3. The molecule has 1 amide bonds. The van der Waals surface area contributed by atoms with E-state index in [1.807, 2.05) is 11.6 Å². The number of rotatable bonds is 8. The molecule has 0 bridgehead atoms. The predicted octanol–water partition coefficient (Wildman–Crippen LogP) is 1.70. The fourth-order valence-corrected chi connectivity index (χ4v) is 2.31. The van der Waals surface area contributed by atoms with E-state index in [2.05, 4.69) is 10.4 Å². The summed E-state index contributed by atoms with van der Waals surface area (Å²) in [5.74, 6) is -0.262. The van der Waals surface area contributed by atoms with Crippen molar-refractivity contribution in [3.05, 3.63) is 17.4 Å². The minimum Gasteiger partial charge on any atom is -0.368 e. The number of aromatic nitrogens is 2. The molecule has 0 radical (unpaired) electrons. The Labute approximate surface area is 118 Å². The lowest BCUT2D eigenvalue weighted by Gasteiger charge is -2.27. The molecule has 0 aromatic carbocycles. The molecule has 3 N–H and O–H groups in total. The third-order valence-electron chi connectivity index (χ3n) is 3.56. The van der Waals surface area contributed by atoms with Crippen LogP contribution in [0.2, 0.25) is 5.02 Å². The van der Waals surface area contributed by atoms with Crippen LogP contribution >= 0.6 is 11.6 Å². The molecule has 5 nitrogen and oxygen atoms in total.